The molecule has 4 nitrogen and oxygen atoms in total. The average Bonchev–Trinajstić information content (AvgIpc) is 2.50. The predicted molar refractivity (Wildman–Crippen MR) is 90.4 cm³/mol. The van der Waals surface area contributed by atoms with Gasteiger partial charge in [0.15, 0.2) is 6.61 Å². The summed E-state index contributed by atoms with van der Waals surface area (Å²) < 4.78 is 5.05. The van der Waals surface area contributed by atoms with Gasteiger partial charge in [-0.3, -0.25) is 9.59 Å². The Labute approximate surface area is 136 Å². The second-order valence-corrected chi connectivity index (χ2v) is 5.63. The maximum atomic E-state index is 11.9. The van der Waals surface area contributed by atoms with Crippen molar-refractivity contribution in [2.24, 2.45) is 0 Å². The summed E-state index contributed by atoms with van der Waals surface area (Å²) in [6.07, 6.45) is 0.170. The highest BCUT2D eigenvalue weighted by Crippen LogP contribution is 2.15. The smallest absolute Gasteiger partial charge is 0.310 e. The first-order valence-corrected chi connectivity index (χ1v) is 7.53. The monoisotopic (exact) mass is 311 g/mol. The summed E-state index contributed by atoms with van der Waals surface area (Å²) in [5.41, 5.74) is 4.78. The molecular weight excluding hydrogens is 290 g/mol. The summed E-state index contributed by atoms with van der Waals surface area (Å²) in [6, 6.07) is 13.4. The largest absolute Gasteiger partial charge is 0.455 e. The number of rotatable bonds is 5. The number of amides is 1. The number of hydrogen-bond acceptors (Lipinski definition) is 3. The van der Waals surface area contributed by atoms with Gasteiger partial charge < -0.3 is 10.1 Å². The molecule has 0 aliphatic rings. The second kappa shape index (κ2) is 7.58. The van der Waals surface area contributed by atoms with Gasteiger partial charge >= 0.3 is 5.97 Å². The van der Waals surface area contributed by atoms with E-state index in [4.69, 9.17) is 4.74 Å². The Kier molecular flexibility index (Phi) is 5.52. The van der Waals surface area contributed by atoms with Crippen LogP contribution in [0, 0.1) is 20.8 Å². The Morgan fingerprint density at radius 3 is 2.43 bits per heavy atom. The molecule has 0 saturated heterocycles. The maximum Gasteiger partial charge on any atom is 0.310 e. The number of ether oxygens (including phenoxy) is 1. The highest BCUT2D eigenvalue weighted by Gasteiger charge is 2.10. The molecule has 120 valence electrons. The topological polar surface area (TPSA) is 55.4 Å². The molecule has 0 unspecified atom stereocenters. The second-order valence-electron chi connectivity index (χ2n) is 5.63. The fourth-order valence-electron chi connectivity index (χ4n) is 2.30. The van der Waals surface area contributed by atoms with Gasteiger partial charge in [0, 0.05) is 5.69 Å². The molecule has 0 aliphatic heterocycles. The van der Waals surface area contributed by atoms with Crippen molar-refractivity contribution < 1.29 is 14.3 Å². The molecular formula is C19H21NO3. The van der Waals surface area contributed by atoms with Gasteiger partial charge in [0.2, 0.25) is 0 Å². The number of nitrogens with one attached hydrogen (secondary N) is 1. The van der Waals surface area contributed by atoms with Crippen LogP contribution in [0.3, 0.4) is 0 Å². The summed E-state index contributed by atoms with van der Waals surface area (Å²) in [6.45, 7) is 5.58. The van der Waals surface area contributed by atoms with Gasteiger partial charge in [0.1, 0.15) is 0 Å². The van der Waals surface area contributed by atoms with Crippen LogP contribution in [-0.2, 0) is 20.7 Å². The number of esters is 1. The molecule has 0 heterocycles. The van der Waals surface area contributed by atoms with Gasteiger partial charge in [-0.1, -0.05) is 42.0 Å². The van der Waals surface area contributed by atoms with Crippen molar-refractivity contribution in [3.05, 3.63) is 64.7 Å². The van der Waals surface area contributed by atoms with Crippen molar-refractivity contribution in [2.45, 2.75) is 27.2 Å². The summed E-state index contributed by atoms with van der Waals surface area (Å²) in [5, 5.41) is 2.75. The summed E-state index contributed by atoms with van der Waals surface area (Å²) in [7, 11) is 0. The first-order valence-electron chi connectivity index (χ1n) is 7.53. The molecule has 0 atom stereocenters. The van der Waals surface area contributed by atoms with E-state index in [-0.39, 0.29) is 18.9 Å². The van der Waals surface area contributed by atoms with E-state index in [0.717, 1.165) is 27.9 Å². The van der Waals surface area contributed by atoms with Gasteiger partial charge in [-0.05, 0) is 43.5 Å². The lowest BCUT2D eigenvalue weighted by atomic mass is 10.1. The van der Waals surface area contributed by atoms with E-state index in [1.807, 2.05) is 63.2 Å². The van der Waals surface area contributed by atoms with Crippen molar-refractivity contribution in [3.63, 3.8) is 0 Å². The molecule has 0 saturated carbocycles. The zero-order chi connectivity index (χ0) is 16.8. The van der Waals surface area contributed by atoms with Crippen molar-refractivity contribution in [3.8, 4) is 0 Å². The molecule has 23 heavy (non-hydrogen) atoms. The number of hydrogen-bond donors (Lipinski definition) is 1. The summed E-state index contributed by atoms with van der Waals surface area (Å²) in [5.74, 6) is -0.745. The first kappa shape index (κ1) is 16.7. The average molecular weight is 311 g/mol. The van der Waals surface area contributed by atoms with Crippen LogP contribution < -0.4 is 5.32 Å². The highest BCUT2D eigenvalue weighted by molar-refractivity contribution is 5.93. The Balaban J connectivity index is 1.84. The van der Waals surface area contributed by atoms with E-state index in [1.165, 1.54) is 0 Å². The SMILES string of the molecule is Cc1ccc(NC(=O)COC(=O)Cc2ccccc2C)c(C)c1. The zero-order valence-corrected chi connectivity index (χ0v) is 13.7. The van der Waals surface area contributed by atoms with Gasteiger partial charge in [-0.15, -0.1) is 0 Å². The Hall–Kier alpha value is -2.62. The molecule has 1 N–H and O–H groups in total. The lowest BCUT2D eigenvalue weighted by Crippen LogP contribution is -2.22. The lowest BCUT2D eigenvalue weighted by molar-refractivity contribution is -0.146. The van der Waals surface area contributed by atoms with Crippen molar-refractivity contribution in [1.29, 1.82) is 0 Å². The van der Waals surface area contributed by atoms with Gasteiger partial charge in [-0.2, -0.15) is 0 Å². The van der Waals surface area contributed by atoms with Crippen LogP contribution in [0.5, 0.6) is 0 Å². The van der Waals surface area contributed by atoms with Crippen LogP contribution in [0.4, 0.5) is 5.69 Å². The Bertz CT molecular complexity index is 722. The van der Waals surface area contributed by atoms with Crippen LogP contribution in [0.2, 0.25) is 0 Å². The summed E-state index contributed by atoms with van der Waals surface area (Å²) in [4.78, 5) is 23.7. The molecule has 0 spiro atoms. The minimum absolute atomic E-state index is 0.170. The number of carbonyl (C=O) groups excluding carboxylic acids is 2. The maximum absolute atomic E-state index is 11.9. The van der Waals surface area contributed by atoms with Gasteiger partial charge in [-0.25, -0.2) is 0 Å². The standard InChI is InChI=1S/C19H21NO3/c1-13-8-9-17(15(3)10-13)20-18(21)12-23-19(22)11-16-7-5-4-6-14(16)2/h4-10H,11-12H2,1-3H3,(H,20,21). The van der Waals surface area contributed by atoms with E-state index >= 15 is 0 Å². The van der Waals surface area contributed by atoms with Gasteiger partial charge in [0.05, 0.1) is 6.42 Å². The van der Waals surface area contributed by atoms with Crippen LogP contribution in [-0.4, -0.2) is 18.5 Å². The fourth-order valence-corrected chi connectivity index (χ4v) is 2.30. The molecule has 2 aromatic rings. The molecule has 0 aliphatic carbocycles. The fraction of sp³-hybridized carbons (Fsp3) is 0.263. The number of aryl methyl sites for hydroxylation is 3. The van der Waals surface area contributed by atoms with Crippen LogP contribution >= 0.6 is 0 Å². The molecule has 1 amide bonds. The van der Waals surface area contributed by atoms with E-state index in [0.29, 0.717) is 0 Å². The highest BCUT2D eigenvalue weighted by atomic mass is 16.5. The minimum atomic E-state index is -0.407. The summed E-state index contributed by atoms with van der Waals surface area (Å²) >= 11 is 0. The normalized spacial score (nSPS) is 10.2. The van der Waals surface area contributed by atoms with Gasteiger partial charge in [0.25, 0.3) is 5.91 Å². The lowest BCUT2D eigenvalue weighted by Gasteiger charge is -2.10. The number of benzene rings is 2. The number of anilines is 1. The Morgan fingerprint density at radius 1 is 1.00 bits per heavy atom. The predicted octanol–water partition coefficient (Wildman–Crippen LogP) is 3.34. The van der Waals surface area contributed by atoms with E-state index in [9.17, 15) is 9.59 Å². The molecule has 0 radical (unpaired) electrons. The molecule has 4 heteroatoms. The number of carbonyl (C=O) groups is 2. The van der Waals surface area contributed by atoms with Crippen LogP contribution in [0.15, 0.2) is 42.5 Å². The van der Waals surface area contributed by atoms with E-state index < -0.39 is 5.97 Å². The molecule has 0 aromatic heterocycles. The zero-order valence-electron chi connectivity index (χ0n) is 13.7. The van der Waals surface area contributed by atoms with Crippen molar-refractivity contribution in [1.82, 2.24) is 0 Å². The third kappa shape index (κ3) is 4.95. The first-order chi connectivity index (χ1) is 11.0. The molecule has 2 aromatic carbocycles. The quantitative estimate of drug-likeness (QED) is 0.862. The van der Waals surface area contributed by atoms with Crippen molar-refractivity contribution in [2.75, 3.05) is 11.9 Å². The van der Waals surface area contributed by atoms with Crippen LogP contribution in [0.25, 0.3) is 0 Å². The molecule has 0 bridgehead atoms. The Morgan fingerprint density at radius 2 is 1.74 bits per heavy atom. The van der Waals surface area contributed by atoms with E-state index in [1.54, 1.807) is 0 Å². The third-order valence-electron chi connectivity index (χ3n) is 3.62. The third-order valence-corrected chi connectivity index (χ3v) is 3.62. The molecule has 2 rings (SSSR count). The molecule has 0 fully saturated rings. The van der Waals surface area contributed by atoms with E-state index in [2.05, 4.69) is 5.32 Å². The van der Waals surface area contributed by atoms with Crippen molar-refractivity contribution >= 4 is 17.6 Å². The van der Waals surface area contributed by atoms with Crippen LogP contribution in [0.1, 0.15) is 22.3 Å². The minimum Gasteiger partial charge on any atom is -0.455 e.